The number of oxazole rings is 1. The van der Waals surface area contributed by atoms with Crippen molar-refractivity contribution in [3.63, 3.8) is 0 Å². The van der Waals surface area contributed by atoms with E-state index < -0.39 is 17.8 Å². The molecule has 0 spiro atoms. The number of pyridine rings is 1. The molecule has 0 fully saturated rings. The van der Waals surface area contributed by atoms with E-state index in [9.17, 15) is 13.2 Å². The van der Waals surface area contributed by atoms with E-state index >= 15 is 0 Å². The zero-order valence-electron chi connectivity index (χ0n) is 13.7. The van der Waals surface area contributed by atoms with Crippen LogP contribution in [0.25, 0.3) is 22.2 Å². The average Bonchev–Trinajstić information content (AvgIpc) is 3.21. The minimum Gasteiger partial charge on any atom is -0.444 e. The van der Waals surface area contributed by atoms with Gasteiger partial charge in [0, 0.05) is 18.7 Å². The second-order valence-corrected chi connectivity index (χ2v) is 5.81. The van der Waals surface area contributed by atoms with Gasteiger partial charge in [0.15, 0.2) is 5.89 Å². The highest BCUT2D eigenvalue weighted by atomic mass is 19.3. The Morgan fingerprint density at radius 1 is 1.08 bits per heavy atom. The molecular formula is C18H13F3N4O. The molecule has 0 N–H and O–H groups in total. The third-order valence-corrected chi connectivity index (χ3v) is 4.03. The van der Waals surface area contributed by atoms with E-state index in [0.717, 1.165) is 12.1 Å². The first kappa shape index (κ1) is 16.3. The maximum atomic E-state index is 13.5. The summed E-state index contributed by atoms with van der Waals surface area (Å²) in [5.74, 6) is 0.268. The van der Waals surface area contributed by atoms with Crippen molar-refractivity contribution in [3.05, 3.63) is 65.9 Å². The summed E-state index contributed by atoms with van der Waals surface area (Å²) in [5, 5.41) is 4.28. The normalized spacial score (nSPS) is 11.6. The molecule has 0 aliphatic rings. The van der Waals surface area contributed by atoms with Crippen LogP contribution in [0.2, 0.25) is 0 Å². The number of hydrogen-bond acceptors (Lipinski definition) is 4. The number of aromatic nitrogens is 4. The van der Waals surface area contributed by atoms with Crippen LogP contribution in [0.15, 0.2) is 47.3 Å². The van der Waals surface area contributed by atoms with Crippen molar-refractivity contribution < 1.29 is 17.6 Å². The van der Waals surface area contributed by atoms with E-state index in [0.29, 0.717) is 40.4 Å². The van der Waals surface area contributed by atoms with Crippen LogP contribution in [0.4, 0.5) is 13.2 Å². The maximum Gasteiger partial charge on any atom is 0.266 e. The van der Waals surface area contributed by atoms with Crippen molar-refractivity contribution in [3.8, 4) is 11.1 Å². The molecule has 0 unspecified atom stereocenters. The minimum absolute atomic E-state index is 0.362. The minimum atomic E-state index is -2.88. The van der Waals surface area contributed by atoms with Gasteiger partial charge < -0.3 is 4.42 Å². The zero-order valence-corrected chi connectivity index (χ0v) is 13.7. The fourth-order valence-corrected chi connectivity index (χ4v) is 2.76. The third-order valence-electron chi connectivity index (χ3n) is 4.03. The van der Waals surface area contributed by atoms with Gasteiger partial charge in [0.2, 0.25) is 0 Å². The van der Waals surface area contributed by atoms with Gasteiger partial charge in [-0.1, -0.05) is 6.07 Å². The van der Waals surface area contributed by atoms with Crippen molar-refractivity contribution in [2.45, 2.75) is 19.9 Å². The largest absolute Gasteiger partial charge is 0.444 e. The van der Waals surface area contributed by atoms with E-state index in [4.69, 9.17) is 4.42 Å². The van der Waals surface area contributed by atoms with Gasteiger partial charge in [-0.2, -0.15) is 5.10 Å². The highest BCUT2D eigenvalue weighted by Crippen LogP contribution is 2.29. The van der Waals surface area contributed by atoms with Crippen molar-refractivity contribution in [1.29, 1.82) is 0 Å². The summed E-state index contributed by atoms with van der Waals surface area (Å²) in [4.78, 5) is 8.36. The zero-order chi connectivity index (χ0) is 18.3. The average molecular weight is 358 g/mol. The van der Waals surface area contributed by atoms with Crippen molar-refractivity contribution in [2.75, 3.05) is 0 Å². The number of aryl methyl sites for hydroxylation is 1. The standard InChI is InChI=1S/C18H13F3N4O/c1-10-22-7-13(26-10)9-25-17-5-12(6-23-16(17)8-24-25)11-2-3-15(19)14(4-11)18(20)21/h2-8,18H,9H2,1H3. The van der Waals surface area contributed by atoms with E-state index in [1.807, 2.05) is 0 Å². The van der Waals surface area contributed by atoms with Gasteiger partial charge in [-0.25, -0.2) is 18.2 Å². The summed E-state index contributed by atoms with van der Waals surface area (Å²) in [5.41, 5.74) is 1.78. The summed E-state index contributed by atoms with van der Waals surface area (Å²) in [6.45, 7) is 2.11. The van der Waals surface area contributed by atoms with Crippen LogP contribution in [0.1, 0.15) is 23.6 Å². The van der Waals surface area contributed by atoms with Crippen molar-refractivity contribution in [1.82, 2.24) is 19.7 Å². The predicted octanol–water partition coefficient (Wildman–Crippen LogP) is 4.52. The molecular weight excluding hydrogens is 345 g/mol. The Bertz CT molecular complexity index is 1090. The van der Waals surface area contributed by atoms with Crippen LogP contribution in [-0.2, 0) is 6.54 Å². The van der Waals surface area contributed by atoms with Gasteiger partial charge in [0.25, 0.3) is 6.43 Å². The maximum absolute atomic E-state index is 13.5. The predicted molar refractivity (Wildman–Crippen MR) is 88.2 cm³/mol. The second-order valence-electron chi connectivity index (χ2n) is 5.81. The lowest BCUT2D eigenvalue weighted by Crippen LogP contribution is -2.00. The fourth-order valence-electron chi connectivity index (χ4n) is 2.76. The molecule has 0 amide bonds. The molecule has 0 aliphatic carbocycles. The highest BCUT2D eigenvalue weighted by molar-refractivity contribution is 5.80. The highest BCUT2D eigenvalue weighted by Gasteiger charge is 2.15. The lowest BCUT2D eigenvalue weighted by Gasteiger charge is -2.07. The molecule has 0 aliphatic heterocycles. The van der Waals surface area contributed by atoms with Crippen LogP contribution in [0.5, 0.6) is 0 Å². The Morgan fingerprint density at radius 3 is 2.65 bits per heavy atom. The summed E-state index contributed by atoms with van der Waals surface area (Å²) < 4.78 is 46.6. The first-order valence-electron chi connectivity index (χ1n) is 7.82. The molecule has 4 aromatic rings. The Morgan fingerprint density at radius 2 is 1.92 bits per heavy atom. The Labute approximate surface area is 146 Å². The Kier molecular flexibility index (Phi) is 3.95. The molecule has 5 nitrogen and oxygen atoms in total. The van der Waals surface area contributed by atoms with E-state index in [2.05, 4.69) is 15.1 Å². The number of benzene rings is 1. The van der Waals surface area contributed by atoms with Crippen LogP contribution in [0.3, 0.4) is 0 Å². The number of fused-ring (bicyclic) bond motifs is 1. The Balaban J connectivity index is 1.75. The molecule has 4 rings (SSSR count). The van der Waals surface area contributed by atoms with Gasteiger partial charge in [0.05, 0.1) is 23.5 Å². The van der Waals surface area contributed by atoms with Crippen LogP contribution in [0, 0.1) is 12.7 Å². The molecule has 0 saturated heterocycles. The number of rotatable bonds is 4. The van der Waals surface area contributed by atoms with Gasteiger partial charge in [0.1, 0.15) is 23.6 Å². The number of halogens is 3. The van der Waals surface area contributed by atoms with E-state index in [1.165, 1.54) is 6.07 Å². The lowest BCUT2D eigenvalue weighted by molar-refractivity contribution is 0.146. The number of nitrogens with zero attached hydrogens (tertiary/aromatic N) is 4. The third kappa shape index (κ3) is 2.94. The van der Waals surface area contributed by atoms with Crippen LogP contribution < -0.4 is 0 Å². The second kappa shape index (κ2) is 6.29. The first-order chi connectivity index (χ1) is 12.5. The topological polar surface area (TPSA) is 56.7 Å². The molecule has 0 bridgehead atoms. The summed E-state index contributed by atoms with van der Waals surface area (Å²) in [6, 6.07) is 5.41. The number of hydrogen-bond donors (Lipinski definition) is 0. The molecule has 8 heteroatoms. The van der Waals surface area contributed by atoms with E-state index in [1.54, 1.807) is 36.3 Å². The lowest BCUT2D eigenvalue weighted by atomic mass is 10.0. The monoisotopic (exact) mass is 358 g/mol. The molecule has 26 heavy (non-hydrogen) atoms. The van der Waals surface area contributed by atoms with Gasteiger partial charge in [-0.3, -0.25) is 9.67 Å². The summed E-state index contributed by atoms with van der Waals surface area (Å²) in [6.07, 6.45) is 1.90. The molecule has 0 radical (unpaired) electrons. The smallest absolute Gasteiger partial charge is 0.266 e. The molecule has 0 atom stereocenters. The first-order valence-corrected chi connectivity index (χ1v) is 7.82. The number of alkyl halides is 2. The van der Waals surface area contributed by atoms with Crippen LogP contribution >= 0.6 is 0 Å². The summed E-state index contributed by atoms with van der Waals surface area (Å²) >= 11 is 0. The molecule has 3 heterocycles. The molecule has 1 aromatic carbocycles. The van der Waals surface area contributed by atoms with Gasteiger partial charge in [-0.05, 0) is 23.8 Å². The quantitative estimate of drug-likeness (QED) is 0.538. The fraction of sp³-hybridized carbons (Fsp3) is 0.167. The van der Waals surface area contributed by atoms with Crippen LogP contribution in [-0.4, -0.2) is 19.7 Å². The molecule has 132 valence electrons. The summed E-state index contributed by atoms with van der Waals surface area (Å²) in [7, 11) is 0. The van der Waals surface area contributed by atoms with Crippen molar-refractivity contribution in [2.24, 2.45) is 0 Å². The molecule has 3 aromatic heterocycles. The SMILES string of the molecule is Cc1ncc(Cn2ncc3ncc(-c4ccc(F)c(C(F)F)c4)cc32)o1. The Hall–Kier alpha value is -3.16. The van der Waals surface area contributed by atoms with E-state index in [-0.39, 0.29) is 0 Å². The molecule has 0 saturated carbocycles. The van der Waals surface area contributed by atoms with Gasteiger partial charge >= 0.3 is 0 Å². The van der Waals surface area contributed by atoms with Crippen molar-refractivity contribution >= 4 is 11.0 Å². The van der Waals surface area contributed by atoms with Gasteiger partial charge in [-0.15, -0.1) is 0 Å².